The minimum Gasteiger partial charge on any atom is -0.480 e. The van der Waals surface area contributed by atoms with Gasteiger partial charge in [0.15, 0.2) is 0 Å². The molecule has 0 aliphatic carbocycles. The van der Waals surface area contributed by atoms with Crippen molar-refractivity contribution in [3.05, 3.63) is 42.2 Å². The normalized spacial score (nSPS) is 11.6. The Labute approximate surface area is 143 Å². The lowest BCUT2D eigenvalue weighted by Gasteiger charge is -2.14. The molecule has 1 atom stereocenters. The summed E-state index contributed by atoms with van der Waals surface area (Å²) in [5, 5.41) is 19.2. The van der Waals surface area contributed by atoms with Gasteiger partial charge < -0.3 is 15.2 Å². The lowest BCUT2D eigenvalue weighted by molar-refractivity contribution is -0.142. The second-order valence-electron chi connectivity index (χ2n) is 5.23. The molecule has 0 aliphatic rings. The SMILES string of the molecule is COC(=O)CCC[C@H](NC(=O)c1ccc(-n2ccnn2)cc1)C(=O)O. The molecule has 0 saturated carbocycles. The monoisotopic (exact) mass is 346 g/mol. The molecule has 2 aromatic rings. The number of nitrogens with zero attached hydrogens (tertiary/aromatic N) is 3. The first-order chi connectivity index (χ1) is 12.0. The zero-order chi connectivity index (χ0) is 18.2. The summed E-state index contributed by atoms with van der Waals surface area (Å²) < 4.78 is 6.04. The first-order valence-corrected chi connectivity index (χ1v) is 7.58. The van der Waals surface area contributed by atoms with Crippen LogP contribution in [0.2, 0.25) is 0 Å². The van der Waals surface area contributed by atoms with Gasteiger partial charge in [0.05, 0.1) is 25.2 Å². The molecular formula is C16H18N4O5. The number of aliphatic carboxylic acids is 1. The van der Waals surface area contributed by atoms with Gasteiger partial charge in [0.2, 0.25) is 0 Å². The standard InChI is InChI=1S/C16H18N4O5/c1-25-14(21)4-2-3-13(16(23)24)18-15(22)11-5-7-12(8-6-11)20-10-9-17-19-20/h5-10,13H,2-4H2,1H3,(H,18,22)(H,23,24)/t13-/m0/s1. The van der Waals surface area contributed by atoms with E-state index in [0.29, 0.717) is 12.0 Å². The van der Waals surface area contributed by atoms with Crippen molar-refractivity contribution >= 4 is 17.8 Å². The van der Waals surface area contributed by atoms with Crippen LogP contribution in [0.5, 0.6) is 0 Å². The fraction of sp³-hybridized carbons (Fsp3) is 0.312. The minimum absolute atomic E-state index is 0.1000. The highest BCUT2D eigenvalue weighted by molar-refractivity contribution is 5.96. The van der Waals surface area contributed by atoms with Crippen molar-refractivity contribution in [2.75, 3.05) is 7.11 Å². The Balaban J connectivity index is 1.95. The summed E-state index contributed by atoms with van der Waals surface area (Å²) in [6.07, 6.45) is 3.73. The number of amides is 1. The number of hydrogen-bond donors (Lipinski definition) is 2. The van der Waals surface area contributed by atoms with Gasteiger partial charge in [0.1, 0.15) is 6.04 Å². The van der Waals surface area contributed by atoms with Crippen LogP contribution >= 0.6 is 0 Å². The second kappa shape index (κ2) is 8.57. The minimum atomic E-state index is -1.16. The van der Waals surface area contributed by atoms with E-state index in [1.54, 1.807) is 30.5 Å². The van der Waals surface area contributed by atoms with E-state index < -0.39 is 23.9 Å². The molecule has 25 heavy (non-hydrogen) atoms. The van der Waals surface area contributed by atoms with E-state index in [4.69, 9.17) is 0 Å². The maximum Gasteiger partial charge on any atom is 0.326 e. The molecule has 0 fully saturated rings. The van der Waals surface area contributed by atoms with E-state index in [0.717, 1.165) is 5.69 Å². The highest BCUT2D eigenvalue weighted by atomic mass is 16.5. The summed E-state index contributed by atoms with van der Waals surface area (Å²) >= 11 is 0. The second-order valence-corrected chi connectivity index (χ2v) is 5.23. The third-order valence-electron chi connectivity index (χ3n) is 3.52. The molecular weight excluding hydrogens is 328 g/mol. The predicted octanol–water partition coefficient (Wildman–Crippen LogP) is 0.794. The van der Waals surface area contributed by atoms with Crippen molar-refractivity contribution in [3.63, 3.8) is 0 Å². The molecule has 9 heteroatoms. The number of rotatable bonds is 8. The van der Waals surface area contributed by atoms with Gasteiger partial charge in [-0.15, -0.1) is 5.10 Å². The zero-order valence-electron chi connectivity index (χ0n) is 13.6. The lowest BCUT2D eigenvalue weighted by atomic mass is 10.1. The van der Waals surface area contributed by atoms with Gasteiger partial charge >= 0.3 is 11.9 Å². The number of hydrogen-bond acceptors (Lipinski definition) is 6. The van der Waals surface area contributed by atoms with E-state index in [1.807, 2.05) is 0 Å². The van der Waals surface area contributed by atoms with Gasteiger partial charge in [-0.25, -0.2) is 9.48 Å². The van der Waals surface area contributed by atoms with Crippen LogP contribution in [0.1, 0.15) is 29.6 Å². The number of esters is 1. The summed E-state index contributed by atoms with van der Waals surface area (Å²) in [6.45, 7) is 0. The van der Waals surface area contributed by atoms with Gasteiger partial charge in [0.25, 0.3) is 5.91 Å². The molecule has 9 nitrogen and oxygen atoms in total. The number of carbonyl (C=O) groups excluding carboxylic acids is 2. The third kappa shape index (κ3) is 5.13. The molecule has 0 bridgehead atoms. The van der Waals surface area contributed by atoms with Gasteiger partial charge in [-0.1, -0.05) is 5.21 Å². The molecule has 1 aromatic heterocycles. The number of carboxylic acid groups (broad SMARTS) is 1. The van der Waals surface area contributed by atoms with Crippen LogP contribution in [0, 0.1) is 0 Å². The third-order valence-corrected chi connectivity index (χ3v) is 3.52. The first-order valence-electron chi connectivity index (χ1n) is 7.58. The highest BCUT2D eigenvalue weighted by Gasteiger charge is 2.20. The fourth-order valence-corrected chi connectivity index (χ4v) is 2.16. The number of ether oxygens (including phenoxy) is 1. The Morgan fingerprint density at radius 2 is 2.00 bits per heavy atom. The number of nitrogens with one attached hydrogen (secondary N) is 1. The van der Waals surface area contributed by atoms with Crippen LogP contribution in [0.3, 0.4) is 0 Å². The summed E-state index contributed by atoms with van der Waals surface area (Å²) in [7, 11) is 1.27. The number of carbonyl (C=O) groups is 3. The molecule has 2 rings (SSSR count). The van der Waals surface area contributed by atoms with Crippen molar-refractivity contribution < 1.29 is 24.2 Å². The Morgan fingerprint density at radius 1 is 1.28 bits per heavy atom. The Kier molecular flexibility index (Phi) is 6.21. The Hall–Kier alpha value is -3.23. The van der Waals surface area contributed by atoms with Gasteiger partial charge in [0, 0.05) is 12.0 Å². The van der Waals surface area contributed by atoms with E-state index in [9.17, 15) is 19.5 Å². The summed E-state index contributed by atoms with van der Waals surface area (Å²) in [5.74, 6) is -2.08. The average Bonchev–Trinajstić information content (AvgIpc) is 3.15. The summed E-state index contributed by atoms with van der Waals surface area (Å²) in [6, 6.07) is 5.42. The van der Waals surface area contributed by atoms with Gasteiger partial charge in [-0.05, 0) is 37.1 Å². The Morgan fingerprint density at radius 3 is 2.56 bits per heavy atom. The van der Waals surface area contributed by atoms with Gasteiger partial charge in [-0.2, -0.15) is 0 Å². The molecule has 0 spiro atoms. The van der Waals surface area contributed by atoms with Crippen LogP contribution in [0.4, 0.5) is 0 Å². The van der Waals surface area contributed by atoms with Crippen LogP contribution in [0.25, 0.3) is 5.69 Å². The quantitative estimate of drug-likeness (QED) is 0.677. The fourth-order valence-electron chi connectivity index (χ4n) is 2.16. The van der Waals surface area contributed by atoms with Crippen LogP contribution < -0.4 is 5.32 Å². The van der Waals surface area contributed by atoms with Crippen molar-refractivity contribution in [1.29, 1.82) is 0 Å². The number of methoxy groups -OCH3 is 1. The molecule has 0 saturated heterocycles. The first kappa shape index (κ1) is 18.1. The van der Waals surface area contributed by atoms with E-state index >= 15 is 0 Å². The summed E-state index contributed by atoms with van der Waals surface area (Å²) in [5.41, 5.74) is 1.05. The van der Waals surface area contributed by atoms with Crippen LogP contribution in [-0.4, -0.2) is 51.1 Å². The van der Waals surface area contributed by atoms with Crippen molar-refractivity contribution in [1.82, 2.24) is 20.3 Å². The highest BCUT2D eigenvalue weighted by Crippen LogP contribution is 2.09. The maximum absolute atomic E-state index is 12.2. The van der Waals surface area contributed by atoms with E-state index in [2.05, 4.69) is 20.4 Å². The molecule has 0 aliphatic heterocycles. The smallest absolute Gasteiger partial charge is 0.326 e. The predicted molar refractivity (Wildman–Crippen MR) is 86.1 cm³/mol. The molecule has 132 valence electrons. The van der Waals surface area contributed by atoms with E-state index in [1.165, 1.54) is 18.0 Å². The number of benzene rings is 1. The number of carboxylic acids is 1. The topological polar surface area (TPSA) is 123 Å². The molecule has 1 aromatic carbocycles. The zero-order valence-corrected chi connectivity index (χ0v) is 13.6. The Bertz CT molecular complexity index is 727. The van der Waals surface area contributed by atoms with E-state index in [-0.39, 0.29) is 12.8 Å². The summed E-state index contributed by atoms with van der Waals surface area (Å²) in [4.78, 5) is 34.5. The van der Waals surface area contributed by atoms with Crippen molar-refractivity contribution in [3.8, 4) is 5.69 Å². The number of aromatic nitrogens is 3. The van der Waals surface area contributed by atoms with Crippen molar-refractivity contribution in [2.24, 2.45) is 0 Å². The van der Waals surface area contributed by atoms with Crippen molar-refractivity contribution in [2.45, 2.75) is 25.3 Å². The average molecular weight is 346 g/mol. The molecule has 0 unspecified atom stereocenters. The molecule has 1 heterocycles. The molecule has 0 radical (unpaired) electrons. The lowest BCUT2D eigenvalue weighted by Crippen LogP contribution is -2.40. The van der Waals surface area contributed by atoms with Gasteiger partial charge in [-0.3, -0.25) is 9.59 Å². The van der Waals surface area contributed by atoms with Crippen LogP contribution in [-0.2, 0) is 14.3 Å². The maximum atomic E-state index is 12.2. The molecule has 2 N–H and O–H groups in total. The molecule has 1 amide bonds. The largest absolute Gasteiger partial charge is 0.480 e. The van der Waals surface area contributed by atoms with Crippen LogP contribution in [0.15, 0.2) is 36.7 Å².